The zero-order chi connectivity index (χ0) is 20.8. The second-order valence-corrected chi connectivity index (χ2v) is 10.3. The van der Waals surface area contributed by atoms with Crippen LogP contribution >= 0.6 is 0 Å². The SMILES string of the molecule is CC(C)(C)C1CCC(c2cc(=O)c3cnccc3[nH]2)C(C2CCC(F)(F)CC2)C1. The molecule has 4 rings (SSSR count). The summed E-state index contributed by atoms with van der Waals surface area (Å²) in [6, 6.07) is 3.58. The van der Waals surface area contributed by atoms with Gasteiger partial charge in [-0.3, -0.25) is 9.78 Å². The number of hydrogen-bond acceptors (Lipinski definition) is 2. The van der Waals surface area contributed by atoms with Crippen molar-refractivity contribution < 1.29 is 8.78 Å². The number of alkyl halides is 2. The first-order valence-electron chi connectivity index (χ1n) is 11.0. The van der Waals surface area contributed by atoms with Crippen LogP contribution in [0.3, 0.4) is 0 Å². The zero-order valence-corrected chi connectivity index (χ0v) is 17.7. The van der Waals surface area contributed by atoms with Crippen LogP contribution in [-0.2, 0) is 0 Å². The third-order valence-corrected chi connectivity index (χ3v) is 7.54. The van der Waals surface area contributed by atoms with E-state index in [1.165, 1.54) is 0 Å². The number of halogens is 2. The molecule has 3 atom stereocenters. The van der Waals surface area contributed by atoms with Gasteiger partial charge in [-0.1, -0.05) is 20.8 Å². The summed E-state index contributed by atoms with van der Waals surface area (Å²) in [5, 5.41) is 0.605. The van der Waals surface area contributed by atoms with Crippen LogP contribution in [0.25, 0.3) is 10.9 Å². The molecule has 2 aromatic rings. The van der Waals surface area contributed by atoms with Crippen molar-refractivity contribution in [3.8, 4) is 0 Å². The molecule has 29 heavy (non-hydrogen) atoms. The fourth-order valence-corrected chi connectivity index (χ4v) is 5.70. The number of hydrogen-bond donors (Lipinski definition) is 1. The van der Waals surface area contributed by atoms with Crippen molar-refractivity contribution in [1.82, 2.24) is 9.97 Å². The number of H-pyrrole nitrogens is 1. The van der Waals surface area contributed by atoms with Gasteiger partial charge in [0.25, 0.3) is 0 Å². The summed E-state index contributed by atoms with van der Waals surface area (Å²) < 4.78 is 27.6. The van der Waals surface area contributed by atoms with E-state index < -0.39 is 5.92 Å². The Morgan fingerprint density at radius 2 is 1.86 bits per heavy atom. The van der Waals surface area contributed by atoms with Gasteiger partial charge >= 0.3 is 0 Å². The lowest BCUT2D eigenvalue weighted by Gasteiger charge is -2.46. The van der Waals surface area contributed by atoms with Crippen molar-refractivity contribution in [3.05, 3.63) is 40.4 Å². The molecule has 2 heterocycles. The van der Waals surface area contributed by atoms with Gasteiger partial charge in [0.15, 0.2) is 5.43 Å². The Morgan fingerprint density at radius 3 is 2.55 bits per heavy atom. The second-order valence-electron chi connectivity index (χ2n) is 10.3. The molecular weight excluding hydrogens is 370 g/mol. The number of aromatic nitrogens is 2. The molecule has 1 N–H and O–H groups in total. The zero-order valence-electron chi connectivity index (χ0n) is 17.7. The molecule has 3 unspecified atom stereocenters. The molecule has 158 valence electrons. The van der Waals surface area contributed by atoms with Gasteiger partial charge in [-0.05, 0) is 61.3 Å². The standard InChI is InChI=1S/C24H32F2N2O/c1-23(2,3)16-4-5-17(18(12-16)15-6-9-24(25,26)10-7-15)21-13-22(29)19-14-27-11-8-20(19)28-21/h8,11,13-18H,4-7,9-10,12H2,1-3H3,(H,28,29). The van der Waals surface area contributed by atoms with Gasteiger partial charge in [-0.15, -0.1) is 0 Å². The first kappa shape index (κ1) is 20.5. The lowest BCUT2D eigenvalue weighted by atomic mass is 9.60. The lowest BCUT2D eigenvalue weighted by molar-refractivity contribution is -0.0594. The quantitative estimate of drug-likeness (QED) is 0.641. The fraction of sp³-hybridized carbons (Fsp3) is 0.667. The van der Waals surface area contributed by atoms with Crippen LogP contribution in [0.5, 0.6) is 0 Å². The van der Waals surface area contributed by atoms with E-state index in [1.54, 1.807) is 18.5 Å². The fourth-order valence-electron chi connectivity index (χ4n) is 5.70. The highest BCUT2D eigenvalue weighted by Crippen LogP contribution is 2.52. The van der Waals surface area contributed by atoms with Gasteiger partial charge in [0.05, 0.1) is 10.9 Å². The molecule has 2 fully saturated rings. The molecule has 5 heteroatoms. The summed E-state index contributed by atoms with van der Waals surface area (Å²) in [6.45, 7) is 6.86. The minimum Gasteiger partial charge on any atom is -0.358 e. The molecule has 0 saturated heterocycles. The van der Waals surface area contributed by atoms with E-state index in [0.29, 0.717) is 36.0 Å². The molecule has 2 aliphatic carbocycles. The van der Waals surface area contributed by atoms with Crippen LogP contribution in [0.4, 0.5) is 8.78 Å². The van der Waals surface area contributed by atoms with Gasteiger partial charge in [0, 0.05) is 42.9 Å². The summed E-state index contributed by atoms with van der Waals surface area (Å²) in [4.78, 5) is 20.2. The molecule has 2 saturated carbocycles. The van der Waals surface area contributed by atoms with Crippen molar-refractivity contribution in [3.63, 3.8) is 0 Å². The Balaban J connectivity index is 1.68. The summed E-state index contributed by atoms with van der Waals surface area (Å²) in [7, 11) is 0. The maximum absolute atomic E-state index is 13.8. The number of fused-ring (bicyclic) bond motifs is 1. The third kappa shape index (κ3) is 4.24. The van der Waals surface area contributed by atoms with Crippen molar-refractivity contribution in [2.75, 3.05) is 0 Å². The van der Waals surface area contributed by atoms with E-state index in [2.05, 4.69) is 30.7 Å². The van der Waals surface area contributed by atoms with E-state index in [0.717, 1.165) is 30.5 Å². The average molecular weight is 403 g/mol. The van der Waals surface area contributed by atoms with Gasteiger partial charge in [-0.25, -0.2) is 8.78 Å². The average Bonchev–Trinajstić information content (AvgIpc) is 2.67. The summed E-state index contributed by atoms with van der Waals surface area (Å²) in [5.41, 5.74) is 2.00. The number of aromatic amines is 1. The lowest BCUT2D eigenvalue weighted by Crippen LogP contribution is -2.38. The summed E-state index contributed by atoms with van der Waals surface area (Å²) >= 11 is 0. The van der Waals surface area contributed by atoms with Gasteiger partial charge in [0.2, 0.25) is 5.92 Å². The van der Waals surface area contributed by atoms with Crippen LogP contribution in [0, 0.1) is 23.2 Å². The van der Waals surface area contributed by atoms with Crippen molar-refractivity contribution >= 4 is 10.9 Å². The van der Waals surface area contributed by atoms with Crippen LogP contribution in [0.15, 0.2) is 29.3 Å². The smallest absolute Gasteiger partial charge is 0.248 e. The minimum absolute atomic E-state index is 0.000973. The largest absolute Gasteiger partial charge is 0.358 e. The van der Waals surface area contributed by atoms with Crippen LogP contribution in [0.2, 0.25) is 0 Å². The monoisotopic (exact) mass is 402 g/mol. The van der Waals surface area contributed by atoms with Crippen molar-refractivity contribution in [1.29, 1.82) is 0 Å². The topological polar surface area (TPSA) is 45.8 Å². The molecule has 0 spiro atoms. The molecule has 3 nitrogen and oxygen atoms in total. The maximum Gasteiger partial charge on any atom is 0.248 e. The Bertz CT molecular complexity index is 920. The highest BCUT2D eigenvalue weighted by molar-refractivity contribution is 5.77. The Kier molecular flexibility index (Phi) is 5.28. The molecule has 0 bridgehead atoms. The van der Waals surface area contributed by atoms with Gasteiger partial charge in [0.1, 0.15) is 0 Å². The molecule has 2 aromatic heterocycles. The molecule has 0 aliphatic heterocycles. The number of rotatable bonds is 2. The first-order valence-corrected chi connectivity index (χ1v) is 11.0. The van der Waals surface area contributed by atoms with Crippen LogP contribution in [-0.4, -0.2) is 15.9 Å². The van der Waals surface area contributed by atoms with E-state index in [4.69, 9.17) is 0 Å². The molecule has 2 aliphatic rings. The number of pyridine rings is 2. The molecule has 0 aromatic carbocycles. The van der Waals surface area contributed by atoms with E-state index in [1.807, 2.05) is 6.07 Å². The Labute approximate surface area is 171 Å². The highest BCUT2D eigenvalue weighted by Gasteiger charge is 2.44. The number of nitrogens with zero attached hydrogens (tertiary/aromatic N) is 1. The number of nitrogens with one attached hydrogen (secondary N) is 1. The molecule has 0 radical (unpaired) electrons. The van der Waals surface area contributed by atoms with Crippen molar-refractivity contribution in [2.45, 2.75) is 77.6 Å². The summed E-state index contributed by atoms with van der Waals surface area (Å²) in [6.07, 6.45) is 7.66. The van der Waals surface area contributed by atoms with Crippen LogP contribution < -0.4 is 5.43 Å². The van der Waals surface area contributed by atoms with Gasteiger partial charge < -0.3 is 4.98 Å². The first-order chi connectivity index (χ1) is 13.6. The van der Waals surface area contributed by atoms with E-state index in [9.17, 15) is 13.6 Å². The predicted molar refractivity (Wildman–Crippen MR) is 112 cm³/mol. The normalized spacial score (nSPS) is 28.5. The molecular formula is C24H32F2N2O. The van der Waals surface area contributed by atoms with Gasteiger partial charge in [-0.2, -0.15) is 0 Å². The van der Waals surface area contributed by atoms with Crippen LogP contribution in [0.1, 0.15) is 77.3 Å². The Morgan fingerprint density at radius 1 is 1.14 bits per heavy atom. The molecule has 0 amide bonds. The second kappa shape index (κ2) is 7.48. The Hall–Kier alpha value is -1.78. The van der Waals surface area contributed by atoms with E-state index in [-0.39, 0.29) is 29.6 Å². The van der Waals surface area contributed by atoms with E-state index >= 15 is 0 Å². The van der Waals surface area contributed by atoms with Crippen molar-refractivity contribution in [2.24, 2.45) is 23.2 Å². The minimum atomic E-state index is -2.51. The third-order valence-electron chi connectivity index (χ3n) is 7.54. The maximum atomic E-state index is 13.8. The highest BCUT2D eigenvalue weighted by atomic mass is 19.3. The summed E-state index contributed by atoms with van der Waals surface area (Å²) in [5.74, 6) is -1.03. The predicted octanol–water partition coefficient (Wildman–Crippen LogP) is 6.29.